The summed E-state index contributed by atoms with van der Waals surface area (Å²) in [5.41, 5.74) is 4.75. The summed E-state index contributed by atoms with van der Waals surface area (Å²) in [6.07, 6.45) is 0.859. The highest BCUT2D eigenvalue weighted by Crippen LogP contribution is 2.39. The third-order valence-corrected chi connectivity index (χ3v) is 6.34. The van der Waals surface area contributed by atoms with Crippen LogP contribution in [0.1, 0.15) is 33.5 Å². The van der Waals surface area contributed by atoms with E-state index in [4.69, 9.17) is 14.5 Å². The van der Waals surface area contributed by atoms with E-state index in [0.29, 0.717) is 30.9 Å². The summed E-state index contributed by atoms with van der Waals surface area (Å²) in [6, 6.07) is 19.7. The first kappa shape index (κ1) is 22.0. The van der Waals surface area contributed by atoms with Gasteiger partial charge in [0.25, 0.3) is 5.91 Å². The monoisotopic (exact) mass is 455 g/mol. The molecular formula is C28H29N3O3. The van der Waals surface area contributed by atoms with E-state index in [1.807, 2.05) is 41.3 Å². The lowest BCUT2D eigenvalue weighted by Gasteiger charge is -2.25. The van der Waals surface area contributed by atoms with Gasteiger partial charge in [0.05, 0.1) is 12.7 Å². The first-order valence-corrected chi connectivity index (χ1v) is 11.7. The van der Waals surface area contributed by atoms with Crippen LogP contribution >= 0.6 is 0 Å². The fraction of sp³-hybridized carbons (Fsp3) is 0.286. The van der Waals surface area contributed by atoms with Crippen LogP contribution in [0.5, 0.6) is 17.2 Å². The van der Waals surface area contributed by atoms with Crippen molar-refractivity contribution in [2.24, 2.45) is 4.99 Å². The number of carbonyl (C=O) groups is 1. The Morgan fingerprint density at radius 2 is 1.74 bits per heavy atom. The van der Waals surface area contributed by atoms with E-state index in [1.54, 1.807) is 13.2 Å². The highest BCUT2D eigenvalue weighted by Gasteiger charge is 2.26. The van der Waals surface area contributed by atoms with E-state index in [0.717, 1.165) is 52.7 Å². The van der Waals surface area contributed by atoms with Crippen molar-refractivity contribution in [1.29, 1.82) is 0 Å². The molecule has 34 heavy (non-hydrogen) atoms. The second-order valence-corrected chi connectivity index (χ2v) is 8.87. The number of benzene rings is 3. The fourth-order valence-electron chi connectivity index (χ4n) is 4.51. The van der Waals surface area contributed by atoms with E-state index in [1.165, 1.54) is 0 Å². The Morgan fingerprint density at radius 1 is 0.912 bits per heavy atom. The summed E-state index contributed by atoms with van der Waals surface area (Å²) >= 11 is 0. The molecule has 0 unspecified atom stereocenters. The summed E-state index contributed by atoms with van der Waals surface area (Å²) in [6.45, 7) is 6.97. The topological polar surface area (TPSA) is 54.4 Å². The maximum Gasteiger partial charge on any atom is 0.254 e. The number of methoxy groups -OCH3 is 1. The van der Waals surface area contributed by atoms with Gasteiger partial charge in [-0.25, -0.2) is 4.99 Å². The van der Waals surface area contributed by atoms with E-state index in [-0.39, 0.29) is 5.91 Å². The van der Waals surface area contributed by atoms with Gasteiger partial charge in [-0.3, -0.25) is 4.79 Å². The summed E-state index contributed by atoms with van der Waals surface area (Å²) in [5, 5.41) is 0. The van der Waals surface area contributed by atoms with Crippen LogP contribution in [0.3, 0.4) is 0 Å². The van der Waals surface area contributed by atoms with Crippen molar-refractivity contribution >= 4 is 17.4 Å². The number of carbonyl (C=O) groups excluding carboxylic acids is 1. The number of amidine groups is 1. The zero-order valence-corrected chi connectivity index (χ0v) is 19.9. The molecule has 1 fully saturated rings. The van der Waals surface area contributed by atoms with Gasteiger partial charge in [0, 0.05) is 31.7 Å². The van der Waals surface area contributed by atoms with Gasteiger partial charge >= 0.3 is 0 Å². The SMILES string of the molecule is COc1cccc(C(=O)N2CCCN(C3=Nc4ccc(C)cc4Oc4ccc(C)cc43)CC2)c1. The molecule has 1 saturated heterocycles. The van der Waals surface area contributed by atoms with Gasteiger partial charge in [-0.2, -0.15) is 0 Å². The third kappa shape index (κ3) is 4.36. The van der Waals surface area contributed by atoms with Crippen LogP contribution in [0.4, 0.5) is 5.69 Å². The number of nitrogens with zero attached hydrogens (tertiary/aromatic N) is 3. The highest BCUT2D eigenvalue weighted by atomic mass is 16.5. The van der Waals surface area contributed by atoms with Crippen molar-refractivity contribution in [2.45, 2.75) is 20.3 Å². The Bertz CT molecular complexity index is 1270. The Balaban J connectivity index is 1.44. The number of aliphatic imine (C=N–C) groups is 1. The van der Waals surface area contributed by atoms with Crippen LogP contribution in [0.15, 0.2) is 65.7 Å². The smallest absolute Gasteiger partial charge is 0.254 e. The lowest BCUT2D eigenvalue weighted by molar-refractivity contribution is 0.0763. The van der Waals surface area contributed by atoms with Crippen LogP contribution < -0.4 is 9.47 Å². The molecule has 3 aromatic carbocycles. The van der Waals surface area contributed by atoms with Gasteiger partial charge in [0.15, 0.2) is 5.75 Å². The molecule has 0 bridgehead atoms. The largest absolute Gasteiger partial charge is 0.497 e. The molecule has 0 spiro atoms. The Morgan fingerprint density at radius 3 is 2.59 bits per heavy atom. The van der Waals surface area contributed by atoms with Crippen LogP contribution in [-0.2, 0) is 0 Å². The molecule has 2 aliphatic rings. The van der Waals surface area contributed by atoms with Gasteiger partial charge in [-0.05, 0) is 68.3 Å². The molecule has 2 heterocycles. The molecule has 6 heteroatoms. The number of amides is 1. The summed E-state index contributed by atoms with van der Waals surface area (Å²) in [7, 11) is 1.61. The van der Waals surface area contributed by atoms with Crippen LogP contribution in [0.25, 0.3) is 0 Å². The van der Waals surface area contributed by atoms with Gasteiger partial charge < -0.3 is 19.3 Å². The molecule has 0 N–H and O–H groups in total. The number of rotatable bonds is 2. The fourth-order valence-corrected chi connectivity index (χ4v) is 4.51. The predicted molar refractivity (Wildman–Crippen MR) is 134 cm³/mol. The molecule has 0 radical (unpaired) electrons. The Hall–Kier alpha value is -3.80. The maximum atomic E-state index is 13.2. The molecule has 3 aromatic rings. The molecule has 5 rings (SSSR count). The van der Waals surface area contributed by atoms with Crippen LogP contribution in [-0.4, -0.2) is 54.8 Å². The summed E-state index contributed by atoms with van der Waals surface area (Å²) in [5.74, 6) is 3.20. The molecule has 0 atom stereocenters. The normalized spacial score (nSPS) is 15.3. The molecule has 0 aromatic heterocycles. The Labute approximate surface area is 200 Å². The van der Waals surface area contributed by atoms with Crippen molar-refractivity contribution in [3.8, 4) is 17.2 Å². The average Bonchev–Trinajstić information content (AvgIpc) is 3.18. The van der Waals surface area contributed by atoms with Gasteiger partial charge in [0.2, 0.25) is 0 Å². The number of hydrogen-bond acceptors (Lipinski definition) is 5. The lowest BCUT2D eigenvalue weighted by Crippen LogP contribution is -2.37. The molecule has 1 amide bonds. The van der Waals surface area contributed by atoms with E-state index < -0.39 is 0 Å². The quantitative estimate of drug-likeness (QED) is 0.523. The molecule has 2 aliphatic heterocycles. The molecule has 174 valence electrons. The minimum Gasteiger partial charge on any atom is -0.497 e. The average molecular weight is 456 g/mol. The van der Waals surface area contributed by atoms with E-state index in [9.17, 15) is 4.79 Å². The summed E-state index contributed by atoms with van der Waals surface area (Å²) in [4.78, 5) is 22.5. The molecule has 0 aliphatic carbocycles. The minimum absolute atomic E-state index is 0.0314. The molecular weight excluding hydrogens is 426 g/mol. The molecule has 0 saturated carbocycles. The molecule has 6 nitrogen and oxygen atoms in total. The first-order chi connectivity index (χ1) is 16.5. The number of fused-ring (bicyclic) bond motifs is 2. The first-order valence-electron chi connectivity index (χ1n) is 11.7. The number of ether oxygens (including phenoxy) is 2. The predicted octanol–water partition coefficient (Wildman–Crippen LogP) is 5.34. The minimum atomic E-state index is 0.0314. The van der Waals surface area contributed by atoms with Crippen molar-refractivity contribution < 1.29 is 14.3 Å². The second kappa shape index (κ2) is 9.21. The lowest BCUT2D eigenvalue weighted by atomic mass is 10.1. The third-order valence-electron chi connectivity index (χ3n) is 6.34. The van der Waals surface area contributed by atoms with Crippen molar-refractivity contribution in [3.05, 3.63) is 82.9 Å². The Kier molecular flexibility index (Phi) is 5.97. The zero-order chi connectivity index (χ0) is 23.7. The van der Waals surface area contributed by atoms with Crippen molar-refractivity contribution in [1.82, 2.24) is 9.80 Å². The highest BCUT2D eigenvalue weighted by molar-refractivity contribution is 6.04. The second-order valence-electron chi connectivity index (χ2n) is 8.87. The zero-order valence-electron chi connectivity index (χ0n) is 19.9. The number of aryl methyl sites for hydroxylation is 2. The maximum absolute atomic E-state index is 13.2. The van der Waals surface area contributed by atoms with Crippen molar-refractivity contribution in [2.75, 3.05) is 33.3 Å². The van der Waals surface area contributed by atoms with E-state index in [2.05, 4.69) is 36.9 Å². The van der Waals surface area contributed by atoms with Crippen LogP contribution in [0, 0.1) is 13.8 Å². The van der Waals surface area contributed by atoms with Gasteiger partial charge in [-0.15, -0.1) is 0 Å². The van der Waals surface area contributed by atoms with Crippen molar-refractivity contribution in [3.63, 3.8) is 0 Å². The number of hydrogen-bond donors (Lipinski definition) is 0. The van der Waals surface area contributed by atoms with Gasteiger partial charge in [0.1, 0.15) is 23.0 Å². The van der Waals surface area contributed by atoms with Crippen LogP contribution in [0.2, 0.25) is 0 Å². The standard InChI is InChI=1S/C28H29N3O3/c1-19-9-11-25-23(16-19)27(29-24-10-8-20(2)17-26(24)34-25)30-12-5-13-31(15-14-30)28(32)21-6-4-7-22(18-21)33-3/h4,6-11,16-18H,5,12-15H2,1-3H3. The van der Waals surface area contributed by atoms with Gasteiger partial charge in [-0.1, -0.05) is 23.8 Å². The summed E-state index contributed by atoms with van der Waals surface area (Å²) < 4.78 is 11.6. The van der Waals surface area contributed by atoms with E-state index >= 15 is 0 Å².